The van der Waals surface area contributed by atoms with Crippen LogP contribution in [0.5, 0.6) is 0 Å². The summed E-state index contributed by atoms with van der Waals surface area (Å²) in [7, 11) is 0. The molecule has 0 atom stereocenters. The second kappa shape index (κ2) is 10.1. The van der Waals surface area contributed by atoms with E-state index >= 15 is 0 Å². The largest absolute Gasteiger partial charge is 0.444 e. The molecule has 0 aliphatic carbocycles. The monoisotopic (exact) mass is 514 g/mol. The number of rotatable bonds is 8. The minimum atomic E-state index is -4.42. The summed E-state index contributed by atoms with van der Waals surface area (Å²) in [4.78, 5) is 37.0. The summed E-state index contributed by atoms with van der Waals surface area (Å²) in [5, 5.41) is 8.83. The van der Waals surface area contributed by atoms with Gasteiger partial charge in [0, 0.05) is 17.5 Å². The van der Waals surface area contributed by atoms with Crippen molar-refractivity contribution in [3.05, 3.63) is 66.2 Å². The summed E-state index contributed by atoms with van der Waals surface area (Å²) in [6, 6.07) is 6.35. The van der Waals surface area contributed by atoms with E-state index in [1.165, 1.54) is 29.2 Å². The number of alkyl halides is 3. The third-order valence-corrected chi connectivity index (χ3v) is 5.04. The van der Waals surface area contributed by atoms with Gasteiger partial charge in [0.15, 0.2) is 11.4 Å². The molecule has 0 bridgehead atoms. The summed E-state index contributed by atoms with van der Waals surface area (Å²) in [6.45, 7) is 2.74. The number of aromatic nitrogens is 5. The summed E-state index contributed by atoms with van der Waals surface area (Å²) in [5.41, 5.74) is 6.85. The minimum Gasteiger partial charge on any atom is -0.444 e. The zero-order valence-corrected chi connectivity index (χ0v) is 19.6. The quantitative estimate of drug-likeness (QED) is 0.321. The zero-order valence-electron chi connectivity index (χ0n) is 19.6. The van der Waals surface area contributed by atoms with E-state index < -0.39 is 24.5 Å². The van der Waals surface area contributed by atoms with E-state index in [9.17, 15) is 22.8 Å². The summed E-state index contributed by atoms with van der Waals surface area (Å²) >= 11 is 0. The van der Waals surface area contributed by atoms with Gasteiger partial charge in [-0.05, 0) is 30.2 Å². The van der Waals surface area contributed by atoms with Crippen LogP contribution in [0.25, 0.3) is 17.1 Å². The first-order chi connectivity index (χ1) is 17.5. The van der Waals surface area contributed by atoms with Crippen LogP contribution >= 0.6 is 0 Å². The van der Waals surface area contributed by atoms with Crippen molar-refractivity contribution in [2.24, 2.45) is 5.73 Å². The van der Waals surface area contributed by atoms with Crippen LogP contribution in [-0.4, -0.2) is 49.3 Å². The normalized spacial score (nSPS) is 11.5. The highest BCUT2D eigenvalue weighted by Crippen LogP contribution is 2.23. The topological polar surface area (TPSA) is 154 Å². The first kappa shape index (κ1) is 25.3. The predicted octanol–water partition coefficient (Wildman–Crippen LogP) is 3.77. The number of carbonyl (C=O) groups is 2. The van der Waals surface area contributed by atoms with E-state index in [1.807, 2.05) is 19.9 Å². The number of halogens is 3. The van der Waals surface area contributed by atoms with Gasteiger partial charge in [-0.2, -0.15) is 18.3 Å². The lowest BCUT2D eigenvalue weighted by molar-refractivity contribution is -0.115. The molecule has 4 N–H and O–H groups in total. The Labute approximate surface area is 207 Å². The van der Waals surface area contributed by atoms with E-state index in [4.69, 9.17) is 10.2 Å². The average molecular weight is 514 g/mol. The second-order valence-electron chi connectivity index (χ2n) is 8.19. The molecule has 14 heteroatoms. The Kier molecular flexibility index (Phi) is 6.91. The van der Waals surface area contributed by atoms with Gasteiger partial charge in [0.25, 0.3) is 11.8 Å². The second-order valence-corrected chi connectivity index (χ2v) is 8.19. The van der Waals surface area contributed by atoms with Crippen molar-refractivity contribution in [2.75, 3.05) is 17.2 Å². The number of oxazole rings is 1. The molecule has 0 spiro atoms. The van der Waals surface area contributed by atoms with Gasteiger partial charge in [-0.3, -0.25) is 14.6 Å². The number of anilines is 2. The third-order valence-electron chi connectivity index (χ3n) is 5.04. The third kappa shape index (κ3) is 6.09. The Hall–Kier alpha value is -4.75. The number of hydrogen-bond donors (Lipinski definition) is 3. The fourth-order valence-electron chi connectivity index (χ4n) is 3.20. The van der Waals surface area contributed by atoms with Crippen molar-refractivity contribution < 1.29 is 27.2 Å². The number of pyridine rings is 2. The van der Waals surface area contributed by atoms with Crippen LogP contribution in [0, 0.1) is 0 Å². The fraction of sp³-hybridized carbons (Fsp3) is 0.217. The molecule has 0 unspecified atom stereocenters. The van der Waals surface area contributed by atoms with Gasteiger partial charge in [-0.25, -0.2) is 14.6 Å². The molecule has 192 valence electrons. The smallest absolute Gasteiger partial charge is 0.405 e. The Morgan fingerprint density at radius 3 is 2.62 bits per heavy atom. The zero-order chi connectivity index (χ0) is 26.7. The first-order valence-electron chi connectivity index (χ1n) is 10.9. The van der Waals surface area contributed by atoms with Crippen molar-refractivity contribution in [1.82, 2.24) is 24.7 Å². The van der Waals surface area contributed by atoms with Crippen LogP contribution in [0.1, 0.15) is 46.4 Å². The Balaban J connectivity index is 1.52. The highest BCUT2D eigenvalue weighted by Gasteiger charge is 2.27. The first-order valence-corrected chi connectivity index (χ1v) is 10.9. The SMILES string of the molecule is CC(C)c1ccc(-n2cc(NC(=O)c3coc(-c4ccnc(NCC(F)(F)F)c4)n3)c(C(N)=O)n2)cn1. The lowest BCUT2D eigenvalue weighted by Gasteiger charge is -2.08. The number of hydrogen-bond acceptors (Lipinski definition) is 8. The van der Waals surface area contributed by atoms with Crippen molar-refractivity contribution in [2.45, 2.75) is 25.9 Å². The highest BCUT2D eigenvalue weighted by molar-refractivity contribution is 6.07. The Morgan fingerprint density at radius 2 is 1.97 bits per heavy atom. The molecule has 0 aliphatic rings. The van der Waals surface area contributed by atoms with Gasteiger partial charge in [-0.1, -0.05) is 13.8 Å². The van der Waals surface area contributed by atoms with Crippen molar-refractivity contribution >= 4 is 23.3 Å². The molecule has 0 aromatic carbocycles. The molecular weight excluding hydrogens is 493 g/mol. The predicted molar refractivity (Wildman–Crippen MR) is 126 cm³/mol. The highest BCUT2D eigenvalue weighted by atomic mass is 19.4. The molecule has 0 saturated heterocycles. The molecule has 11 nitrogen and oxygen atoms in total. The van der Waals surface area contributed by atoms with E-state index in [0.29, 0.717) is 11.3 Å². The molecule has 4 rings (SSSR count). The number of carbonyl (C=O) groups excluding carboxylic acids is 2. The van der Waals surface area contributed by atoms with Crippen LogP contribution in [0.4, 0.5) is 24.7 Å². The molecule has 4 aromatic heterocycles. The van der Waals surface area contributed by atoms with Gasteiger partial charge >= 0.3 is 6.18 Å². The average Bonchev–Trinajstić information content (AvgIpc) is 3.51. The molecule has 0 fully saturated rings. The van der Waals surface area contributed by atoms with E-state index in [1.54, 1.807) is 12.3 Å². The van der Waals surface area contributed by atoms with Gasteiger partial charge in [0.05, 0.1) is 23.8 Å². The number of nitrogens with one attached hydrogen (secondary N) is 2. The molecular formula is C23H21F3N8O3. The standard InChI is InChI=1S/C23H21F3N8O3/c1-12(2)15-4-3-14(8-29-15)34-9-16(19(33-34)20(27)35)31-21(36)17-10-37-22(32-17)13-5-6-28-18(7-13)30-11-23(24,25)26/h3-10,12H,11H2,1-2H3,(H2,27,35)(H,28,30)(H,31,36). The van der Waals surface area contributed by atoms with Crippen molar-refractivity contribution in [3.8, 4) is 17.1 Å². The van der Waals surface area contributed by atoms with Gasteiger partial charge < -0.3 is 20.8 Å². The van der Waals surface area contributed by atoms with Crippen LogP contribution in [0.15, 0.2) is 53.5 Å². The van der Waals surface area contributed by atoms with E-state index in [2.05, 4.69) is 30.7 Å². The molecule has 0 aliphatic heterocycles. The summed E-state index contributed by atoms with van der Waals surface area (Å²) in [5.74, 6) is -1.43. The number of nitrogens with zero attached hydrogens (tertiary/aromatic N) is 5. The molecule has 4 heterocycles. The molecule has 0 radical (unpaired) electrons. The van der Waals surface area contributed by atoms with Crippen LogP contribution in [0.2, 0.25) is 0 Å². The van der Waals surface area contributed by atoms with Gasteiger partial charge in [0.2, 0.25) is 5.89 Å². The van der Waals surface area contributed by atoms with Crippen molar-refractivity contribution in [3.63, 3.8) is 0 Å². The van der Waals surface area contributed by atoms with Gasteiger partial charge in [-0.15, -0.1) is 0 Å². The Bertz CT molecular complexity index is 1430. The fourth-order valence-corrected chi connectivity index (χ4v) is 3.20. The van der Waals surface area contributed by atoms with Crippen LogP contribution in [0.3, 0.4) is 0 Å². The molecule has 2 amide bonds. The van der Waals surface area contributed by atoms with E-state index in [0.717, 1.165) is 12.0 Å². The summed E-state index contributed by atoms with van der Waals surface area (Å²) < 4.78 is 44.0. The number of nitrogens with two attached hydrogens (primary N) is 1. The molecule has 37 heavy (non-hydrogen) atoms. The van der Waals surface area contributed by atoms with Crippen molar-refractivity contribution in [1.29, 1.82) is 0 Å². The van der Waals surface area contributed by atoms with E-state index in [-0.39, 0.29) is 34.7 Å². The maximum absolute atomic E-state index is 12.8. The number of amides is 2. The van der Waals surface area contributed by atoms with Crippen LogP contribution in [-0.2, 0) is 0 Å². The molecule has 4 aromatic rings. The maximum atomic E-state index is 12.8. The lowest BCUT2D eigenvalue weighted by Crippen LogP contribution is -2.21. The number of primary amides is 1. The van der Waals surface area contributed by atoms with Crippen LogP contribution < -0.4 is 16.4 Å². The lowest BCUT2D eigenvalue weighted by atomic mass is 10.1. The summed E-state index contributed by atoms with van der Waals surface area (Å²) in [6.07, 6.45) is 0.907. The molecule has 0 saturated carbocycles. The van der Waals surface area contributed by atoms with Gasteiger partial charge in [0.1, 0.15) is 18.6 Å². The Morgan fingerprint density at radius 1 is 1.19 bits per heavy atom. The maximum Gasteiger partial charge on any atom is 0.405 e. The minimum absolute atomic E-state index is 0.0234.